The average Bonchev–Trinajstić information content (AvgIpc) is 2.53. The van der Waals surface area contributed by atoms with Crippen LogP contribution in [0.1, 0.15) is 54.7 Å². The molecule has 0 radical (unpaired) electrons. The zero-order valence-electron chi connectivity index (χ0n) is 12.5. The fourth-order valence-electron chi connectivity index (χ4n) is 3.34. The van der Waals surface area contributed by atoms with E-state index >= 15 is 0 Å². The third kappa shape index (κ3) is 3.38. The van der Waals surface area contributed by atoms with Crippen LogP contribution in [0.2, 0.25) is 0 Å². The Morgan fingerprint density at radius 3 is 2.29 bits per heavy atom. The summed E-state index contributed by atoms with van der Waals surface area (Å²) in [6.07, 6.45) is 7.71. The number of anilines is 2. The number of nitrogen functional groups attached to an aromatic ring is 2. The van der Waals surface area contributed by atoms with Gasteiger partial charge in [0.2, 0.25) is 0 Å². The van der Waals surface area contributed by atoms with Crippen LogP contribution in [-0.4, -0.2) is 0 Å². The molecule has 2 aromatic carbocycles. The summed E-state index contributed by atoms with van der Waals surface area (Å²) in [7, 11) is 0. The Labute approximate surface area is 127 Å². The minimum absolute atomic E-state index is 0.769. The lowest BCUT2D eigenvalue weighted by molar-refractivity contribution is 0.443. The first-order chi connectivity index (χ1) is 10.2. The van der Waals surface area contributed by atoms with Gasteiger partial charge < -0.3 is 11.5 Å². The Morgan fingerprint density at radius 2 is 1.57 bits per heavy atom. The molecule has 0 heterocycles. The molecule has 0 bridgehead atoms. The molecule has 3 rings (SSSR count). The van der Waals surface area contributed by atoms with Crippen molar-refractivity contribution in [2.45, 2.75) is 44.4 Å². The number of hydrogen-bond donors (Lipinski definition) is 2. The molecule has 2 nitrogen and oxygen atoms in total. The van der Waals surface area contributed by atoms with E-state index in [0.717, 1.165) is 29.3 Å². The normalized spacial score (nSPS) is 16.0. The van der Waals surface area contributed by atoms with E-state index in [2.05, 4.69) is 24.3 Å². The topological polar surface area (TPSA) is 52.0 Å². The summed E-state index contributed by atoms with van der Waals surface area (Å²) in [5, 5.41) is 0. The lowest BCUT2D eigenvalue weighted by Crippen LogP contribution is -2.04. The van der Waals surface area contributed by atoms with Crippen molar-refractivity contribution < 1.29 is 0 Å². The lowest BCUT2D eigenvalue weighted by Gasteiger charge is -2.22. The van der Waals surface area contributed by atoms with Gasteiger partial charge in [-0.3, -0.25) is 0 Å². The Balaban J connectivity index is 1.73. The first kappa shape index (κ1) is 14.0. The summed E-state index contributed by atoms with van der Waals surface area (Å²) in [5.41, 5.74) is 17.4. The van der Waals surface area contributed by atoms with Crippen LogP contribution < -0.4 is 11.5 Å². The molecule has 2 aromatic rings. The zero-order chi connectivity index (χ0) is 14.7. The van der Waals surface area contributed by atoms with Gasteiger partial charge in [-0.05, 0) is 60.1 Å². The molecule has 21 heavy (non-hydrogen) atoms. The summed E-state index contributed by atoms with van der Waals surface area (Å²) >= 11 is 0. The van der Waals surface area contributed by atoms with Crippen molar-refractivity contribution in [2.24, 2.45) is 0 Å². The van der Waals surface area contributed by atoms with Gasteiger partial charge in [0.15, 0.2) is 0 Å². The monoisotopic (exact) mass is 280 g/mol. The van der Waals surface area contributed by atoms with Crippen molar-refractivity contribution in [3.05, 3.63) is 59.2 Å². The van der Waals surface area contributed by atoms with Gasteiger partial charge in [-0.1, -0.05) is 43.5 Å². The van der Waals surface area contributed by atoms with E-state index in [1.54, 1.807) is 0 Å². The van der Waals surface area contributed by atoms with Gasteiger partial charge in [-0.25, -0.2) is 0 Å². The molecule has 110 valence electrons. The smallest absolute Gasteiger partial charge is 0.0351 e. The molecule has 2 heteroatoms. The molecule has 1 fully saturated rings. The first-order valence-electron chi connectivity index (χ1n) is 7.95. The van der Waals surface area contributed by atoms with Crippen LogP contribution in [0, 0.1) is 0 Å². The van der Waals surface area contributed by atoms with Crippen LogP contribution in [0.5, 0.6) is 0 Å². The Kier molecular flexibility index (Phi) is 4.14. The van der Waals surface area contributed by atoms with Crippen LogP contribution in [0.25, 0.3) is 0 Å². The summed E-state index contributed by atoms with van der Waals surface area (Å²) < 4.78 is 0. The second-order valence-electron chi connectivity index (χ2n) is 6.21. The highest BCUT2D eigenvalue weighted by Crippen LogP contribution is 2.32. The van der Waals surface area contributed by atoms with E-state index < -0.39 is 0 Å². The maximum atomic E-state index is 6.03. The lowest BCUT2D eigenvalue weighted by atomic mass is 9.84. The maximum absolute atomic E-state index is 6.03. The second kappa shape index (κ2) is 6.21. The Hall–Kier alpha value is -1.96. The Morgan fingerprint density at radius 1 is 0.857 bits per heavy atom. The van der Waals surface area contributed by atoms with Crippen molar-refractivity contribution in [3.8, 4) is 0 Å². The van der Waals surface area contributed by atoms with Gasteiger partial charge in [-0.2, -0.15) is 0 Å². The average molecular weight is 280 g/mol. The van der Waals surface area contributed by atoms with E-state index in [-0.39, 0.29) is 0 Å². The molecule has 0 atom stereocenters. The van der Waals surface area contributed by atoms with E-state index in [0.29, 0.717) is 0 Å². The fourth-order valence-corrected chi connectivity index (χ4v) is 3.34. The number of benzene rings is 2. The second-order valence-corrected chi connectivity index (χ2v) is 6.21. The molecule has 1 aliphatic carbocycles. The predicted molar refractivity (Wildman–Crippen MR) is 90.3 cm³/mol. The van der Waals surface area contributed by atoms with E-state index in [1.807, 2.05) is 18.2 Å². The zero-order valence-corrected chi connectivity index (χ0v) is 12.5. The van der Waals surface area contributed by atoms with E-state index in [9.17, 15) is 0 Å². The highest BCUT2D eigenvalue weighted by Gasteiger charge is 2.15. The van der Waals surface area contributed by atoms with Gasteiger partial charge in [-0.15, -0.1) is 0 Å². The Bertz CT molecular complexity index is 595. The summed E-state index contributed by atoms with van der Waals surface area (Å²) in [6.45, 7) is 0. The molecular weight excluding hydrogens is 256 g/mol. The molecule has 1 aliphatic rings. The standard InChI is InChI=1S/C19H24N2/c20-18-10-11-19(21)17(13-18)12-14-6-8-16(9-7-14)15-4-2-1-3-5-15/h6-11,13,15H,1-5,12,20-21H2. The highest BCUT2D eigenvalue weighted by molar-refractivity contribution is 5.56. The molecule has 0 aromatic heterocycles. The van der Waals surface area contributed by atoms with E-state index in [4.69, 9.17) is 11.5 Å². The van der Waals surface area contributed by atoms with Crippen LogP contribution in [0.4, 0.5) is 11.4 Å². The third-order valence-corrected chi connectivity index (χ3v) is 4.62. The van der Waals surface area contributed by atoms with Gasteiger partial charge in [0.05, 0.1) is 0 Å². The summed E-state index contributed by atoms with van der Waals surface area (Å²) in [6, 6.07) is 14.8. The van der Waals surface area contributed by atoms with Crippen LogP contribution >= 0.6 is 0 Å². The van der Waals surface area contributed by atoms with E-state index in [1.165, 1.54) is 43.2 Å². The first-order valence-corrected chi connectivity index (χ1v) is 7.95. The van der Waals surface area contributed by atoms with Gasteiger partial charge in [0.25, 0.3) is 0 Å². The van der Waals surface area contributed by atoms with Crippen molar-refractivity contribution in [1.29, 1.82) is 0 Å². The van der Waals surface area contributed by atoms with Crippen LogP contribution in [0.3, 0.4) is 0 Å². The maximum Gasteiger partial charge on any atom is 0.0351 e. The SMILES string of the molecule is Nc1ccc(N)c(Cc2ccc(C3CCCCC3)cc2)c1. The van der Waals surface area contributed by atoms with Crippen molar-refractivity contribution in [2.75, 3.05) is 11.5 Å². The fraction of sp³-hybridized carbons (Fsp3) is 0.368. The van der Waals surface area contributed by atoms with Crippen LogP contribution in [0.15, 0.2) is 42.5 Å². The minimum atomic E-state index is 0.769. The largest absolute Gasteiger partial charge is 0.399 e. The summed E-state index contributed by atoms with van der Waals surface area (Å²) in [4.78, 5) is 0. The predicted octanol–water partition coefficient (Wildman–Crippen LogP) is 4.49. The molecule has 0 spiro atoms. The molecule has 0 amide bonds. The molecule has 1 saturated carbocycles. The van der Waals surface area contributed by atoms with Crippen molar-refractivity contribution in [1.82, 2.24) is 0 Å². The molecule has 0 saturated heterocycles. The summed E-state index contributed by atoms with van der Waals surface area (Å²) in [5.74, 6) is 0.769. The molecule has 0 unspecified atom stereocenters. The minimum Gasteiger partial charge on any atom is -0.399 e. The highest BCUT2D eigenvalue weighted by atomic mass is 14.6. The molecule has 0 aliphatic heterocycles. The van der Waals surface area contributed by atoms with Gasteiger partial charge >= 0.3 is 0 Å². The van der Waals surface area contributed by atoms with Crippen LogP contribution in [-0.2, 0) is 6.42 Å². The number of nitrogens with two attached hydrogens (primary N) is 2. The van der Waals surface area contributed by atoms with Gasteiger partial charge in [0.1, 0.15) is 0 Å². The molecular formula is C19H24N2. The van der Waals surface area contributed by atoms with Crippen molar-refractivity contribution >= 4 is 11.4 Å². The quantitative estimate of drug-likeness (QED) is 0.814. The number of rotatable bonds is 3. The van der Waals surface area contributed by atoms with Crippen molar-refractivity contribution in [3.63, 3.8) is 0 Å². The number of hydrogen-bond acceptors (Lipinski definition) is 2. The third-order valence-electron chi connectivity index (χ3n) is 4.62. The van der Waals surface area contributed by atoms with Gasteiger partial charge in [0, 0.05) is 11.4 Å². The molecule has 4 N–H and O–H groups in total.